The van der Waals surface area contributed by atoms with Crippen LogP contribution < -0.4 is 5.32 Å². The number of nitrogens with zero attached hydrogens (tertiary/aromatic N) is 2. The minimum absolute atomic E-state index is 0. The van der Waals surface area contributed by atoms with Crippen LogP contribution in [-0.4, -0.2) is 37.5 Å². The number of likely N-dealkylation sites (N-methyl/N-ethyl adjacent to an activating group) is 1. The normalized spacial score (nSPS) is 19.2. The van der Waals surface area contributed by atoms with Crippen LogP contribution in [0.25, 0.3) is 0 Å². The molecular formula is C15H18ClF3IN3. The molecule has 1 N–H and O–H groups in total. The van der Waals surface area contributed by atoms with Gasteiger partial charge in [0, 0.05) is 30.6 Å². The number of guanidine groups is 1. The molecule has 3 rings (SSSR count). The van der Waals surface area contributed by atoms with E-state index in [0.29, 0.717) is 17.1 Å². The molecule has 0 spiro atoms. The Morgan fingerprint density at radius 2 is 2.04 bits per heavy atom. The Labute approximate surface area is 155 Å². The monoisotopic (exact) mass is 459 g/mol. The highest BCUT2D eigenvalue weighted by molar-refractivity contribution is 14.0. The third kappa shape index (κ3) is 3.87. The van der Waals surface area contributed by atoms with Crippen molar-refractivity contribution in [2.45, 2.75) is 24.4 Å². The van der Waals surface area contributed by atoms with Gasteiger partial charge in [0.15, 0.2) is 5.96 Å². The van der Waals surface area contributed by atoms with Gasteiger partial charge in [-0.1, -0.05) is 11.6 Å². The molecule has 3 nitrogen and oxygen atoms in total. The number of hydrogen-bond donors (Lipinski definition) is 1. The Morgan fingerprint density at radius 3 is 2.57 bits per heavy atom. The Hall–Kier alpha value is -0.700. The third-order valence-corrected chi connectivity index (χ3v) is 4.69. The van der Waals surface area contributed by atoms with Crippen LogP contribution >= 0.6 is 35.6 Å². The van der Waals surface area contributed by atoms with Crippen molar-refractivity contribution in [2.24, 2.45) is 4.99 Å². The van der Waals surface area contributed by atoms with Gasteiger partial charge < -0.3 is 10.2 Å². The van der Waals surface area contributed by atoms with Gasteiger partial charge in [0.1, 0.15) is 0 Å². The van der Waals surface area contributed by atoms with Crippen molar-refractivity contribution in [3.8, 4) is 0 Å². The van der Waals surface area contributed by atoms with E-state index in [4.69, 9.17) is 11.6 Å². The second kappa shape index (κ2) is 6.66. The van der Waals surface area contributed by atoms with Crippen LogP contribution in [0.4, 0.5) is 13.2 Å². The van der Waals surface area contributed by atoms with Crippen LogP contribution in [-0.2, 0) is 11.6 Å². The van der Waals surface area contributed by atoms with E-state index in [1.165, 1.54) is 12.1 Å². The zero-order chi connectivity index (χ0) is 16.0. The van der Waals surface area contributed by atoms with Gasteiger partial charge in [-0.2, -0.15) is 13.2 Å². The van der Waals surface area contributed by atoms with E-state index >= 15 is 0 Å². The number of alkyl halides is 3. The van der Waals surface area contributed by atoms with Crippen LogP contribution in [0.2, 0.25) is 5.02 Å². The molecule has 1 aliphatic carbocycles. The summed E-state index contributed by atoms with van der Waals surface area (Å²) in [7, 11) is 1.94. The molecule has 8 heteroatoms. The van der Waals surface area contributed by atoms with Crippen LogP contribution in [0.15, 0.2) is 23.2 Å². The lowest BCUT2D eigenvalue weighted by atomic mass is 9.94. The second-order valence-electron chi connectivity index (χ2n) is 5.95. The predicted octanol–water partition coefficient (Wildman–Crippen LogP) is 3.90. The Kier molecular flexibility index (Phi) is 5.40. The third-order valence-electron chi connectivity index (χ3n) is 4.36. The van der Waals surface area contributed by atoms with Crippen molar-refractivity contribution in [1.29, 1.82) is 0 Å². The minimum atomic E-state index is -4.35. The number of halogens is 5. The van der Waals surface area contributed by atoms with Crippen LogP contribution in [0.3, 0.4) is 0 Å². The van der Waals surface area contributed by atoms with Crippen molar-refractivity contribution in [1.82, 2.24) is 10.2 Å². The Balaban J connectivity index is 0.00000192. The summed E-state index contributed by atoms with van der Waals surface area (Å²) in [6.07, 6.45) is -2.69. The first-order chi connectivity index (χ1) is 10.3. The van der Waals surface area contributed by atoms with Gasteiger partial charge in [0.05, 0.1) is 12.1 Å². The highest BCUT2D eigenvalue weighted by Gasteiger charge is 2.46. The molecule has 1 saturated carbocycles. The van der Waals surface area contributed by atoms with E-state index in [1.807, 2.05) is 11.9 Å². The van der Waals surface area contributed by atoms with Crippen molar-refractivity contribution in [3.05, 3.63) is 34.3 Å². The van der Waals surface area contributed by atoms with Crippen molar-refractivity contribution in [2.75, 3.05) is 26.7 Å². The topological polar surface area (TPSA) is 27.6 Å². The molecule has 1 aromatic carbocycles. The van der Waals surface area contributed by atoms with E-state index in [-0.39, 0.29) is 29.4 Å². The van der Waals surface area contributed by atoms with E-state index in [2.05, 4.69) is 10.3 Å². The van der Waals surface area contributed by atoms with E-state index in [1.54, 1.807) is 0 Å². The number of benzene rings is 1. The lowest BCUT2D eigenvalue weighted by Gasteiger charge is -2.22. The van der Waals surface area contributed by atoms with E-state index in [0.717, 1.165) is 38.0 Å². The fourth-order valence-electron chi connectivity index (χ4n) is 2.77. The molecule has 0 amide bonds. The molecule has 1 aliphatic heterocycles. The highest BCUT2D eigenvalue weighted by Crippen LogP contribution is 2.51. The number of nitrogens with one attached hydrogen (secondary N) is 1. The summed E-state index contributed by atoms with van der Waals surface area (Å²) in [5.74, 6) is 0.800. The maximum absolute atomic E-state index is 12.9. The zero-order valence-electron chi connectivity index (χ0n) is 12.6. The maximum Gasteiger partial charge on any atom is 0.416 e. The average Bonchev–Trinajstić information content (AvgIpc) is 3.12. The molecule has 1 heterocycles. The molecular weight excluding hydrogens is 442 g/mol. The highest BCUT2D eigenvalue weighted by atomic mass is 127. The number of hydrogen-bond acceptors (Lipinski definition) is 3. The molecule has 0 bridgehead atoms. The minimum Gasteiger partial charge on any atom is -0.355 e. The molecule has 1 fully saturated rings. The lowest BCUT2D eigenvalue weighted by molar-refractivity contribution is -0.137. The van der Waals surface area contributed by atoms with Crippen LogP contribution in [0.5, 0.6) is 0 Å². The lowest BCUT2D eigenvalue weighted by Crippen LogP contribution is -2.39. The molecule has 2 aliphatic rings. The first-order valence-corrected chi connectivity index (χ1v) is 7.56. The van der Waals surface area contributed by atoms with Crippen LogP contribution in [0, 0.1) is 0 Å². The van der Waals surface area contributed by atoms with Gasteiger partial charge >= 0.3 is 6.18 Å². The molecule has 0 atom stereocenters. The smallest absolute Gasteiger partial charge is 0.355 e. The molecule has 0 aromatic heterocycles. The average molecular weight is 460 g/mol. The summed E-state index contributed by atoms with van der Waals surface area (Å²) in [5, 5.41) is 3.65. The summed E-state index contributed by atoms with van der Waals surface area (Å²) in [5.41, 5.74) is -0.379. The fraction of sp³-hybridized carbons (Fsp3) is 0.533. The van der Waals surface area contributed by atoms with Crippen molar-refractivity contribution < 1.29 is 13.2 Å². The summed E-state index contributed by atoms with van der Waals surface area (Å²) >= 11 is 6.16. The maximum atomic E-state index is 12.9. The molecule has 128 valence electrons. The van der Waals surface area contributed by atoms with Crippen molar-refractivity contribution >= 4 is 41.5 Å². The summed E-state index contributed by atoms with van der Waals surface area (Å²) in [4.78, 5) is 6.34. The van der Waals surface area contributed by atoms with E-state index in [9.17, 15) is 13.2 Å². The Morgan fingerprint density at radius 1 is 1.35 bits per heavy atom. The van der Waals surface area contributed by atoms with Crippen LogP contribution in [0.1, 0.15) is 24.0 Å². The SMILES string of the molecule is CN1CCN=C1NCC1(c2cc(C(F)(F)F)ccc2Cl)CC1.I. The predicted molar refractivity (Wildman–Crippen MR) is 95.7 cm³/mol. The van der Waals surface area contributed by atoms with Gasteiger partial charge in [0.2, 0.25) is 0 Å². The molecule has 0 unspecified atom stereocenters. The van der Waals surface area contributed by atoms with E-state index < -0.39 is 11.7 Å². The van der Waals surface area contributed by atoms with Gasteiger partial charge in [-0.15, -0.1) is 24.0 Å². The molecule has 1 aromatic rings. The Bertz CT molecular complexity index is 614. The van der Waals surface area contributed by atoms with Gasteiger partial charge in [-0.25, -0.2) is 0 Å². The molecule has 0 saturated heterocycles. The largest absolute Gasteiger partial charge is 0.416 e. The summed E-state index contributed by atoms with van der Waals surface area (Å²) in [6.45, 7) is 2.16. The summed E-state index contributed by atoms with van der Waals surface area (Å²) < 4.78 is 38.7. The first-order valence-electron chi connectivity index (χ1n) is 7.19. The standard InChI is InChI=1S/C15H17ClF3N3.HI/c1-22-7-6-20-13(22)21-9-14(4-5-14)11-8-10(15(17,18)19)2-3-12(11)16;/h2-3,8H,4-7,9H2,1H3,(H,20,21);1H. The fourth-order valence-corrected chi connectivity index (χ4v) is 3.09. The van der Waals surface area contributed by atoms with Crippen molar-refractivity contribution in [3.63, 3.8) is 0 Å². The molecule has 0 radical (unpaired) electrons. The first kappa shape index (κ1) is 18.6. The zero-order valence-corrected chi connectivity index (χ0v) is 15.7. The molecule has 23 heavy (non-hydrogen) atoms. The number of rotatable bonds is 3. The van der Waals surface area contributed by atoms with Gasteiger partial charge in [-0.05, 0) is 36.6 Å². The quantitative estimate of drug-likeness (QED) is 0.695. The van der Waals surface area contributed by atoms with Gasteiger partial charge in [-0.3, -0.25) is 4.99 Å². The summed E-state index contributed by atoms with van der Waals surface area (Å²) in [6, 6.07) is 3.57. The van der Waals surface area contributed by atoms with Gasteiger partial charge in [0.25, 0.3) is 0 Å². The second-order valence-corrected chi connectivity index (χ2v) is 6.36. The number of aliphatic imine (C=N–C) groups is 1.